The van der Waals surface area contributed by atoms with Crippen molar-refractivity contribution in [3.8, 4) is 0 Å². The standard InChI is InChI=1S/C10H8O4S3Se/c1-13-7(11)5-6(8(12)14-2)18-10(17-5)9-15-3-4-16-9/h3-4H,1-2H3. The van der Waals surface area contributed by atoms with E-state index >= 15 is 0 Å². The molecule has 0 spiro atoms. The molecule has 0 amide bonds. The van der Waals surface area contributed by atoms with E-state index in [4.69, 9.17) is 9.47 Å². The van der Waals surface area contributed by atoms with Crippen molar-refractivity contribution in [2.75, 3.05) is 14.2 Å². The van der Waals surface area contributed by atoms with Crippen LogP contribution in [0.2, 0.25) is 0 Å². The molecule has 0 N–H and O–H groups in total. The summed E-state index contributed by atoms with van der Waals surface area (Å²) in [4.78, 5) is 23.7. The Bertz CT molecular complexity index is 455. The minimum absolute atomic E-state index is 0.192. The number of carbonyl (C=O) groups excluding carboxylic acids is 2. The molecule has 0 aromatic rings. The normalized spacial score (nSPS) is 18.6. The van der Waals surface area contributed by atoms with Crippen molar-refractivity contribution in [2.45, 2.75) is 0 Å². The molecule has 8 heteroatoms. The van der Waals surface area contributed by atoms with Crippen LogP contribution in [0, 0.1) is 0 Å². The zero-order valence-corrected chi connectivity index (χ0v) is 13.6. The third-order valence-electron chi connectivity index (χ3n) is 1.91. The van der Waals surface area contributed by atoms with E-state index in [9.17, 15) is 9.59 Å². The Morgan fingerprint density at radius 1 is 1.11 bits per heavy atom. The van der Waals surface area contributed by atoms with E-state index in [1.807, 2.05) is 10.8 Å². The zero-order valence-electron chi connectivity index (χ0n) is 9.42. The van der Waals surface area contributed by atoms with Crippen LogP contribution in [-0.2, 0) is 19.1 Å². The van der Waals surface area contributed by atoms with Crippen LogP contribution in [0.1, 0.15) is 0 Å². The predicted molar refractivity (Wildman–Crippen MR) is 75.8 cm³/mol. The fourth-order valence-corrected chi connectivity index (χ4v) is 7.79. The molecule has 2 aliphatic rings. The fourth-order valence-electron chi connectivity index (χ4n) is 1.14. The number of hydrogen-bond donors (Lipinski definition) is 0. The van der Waals surface area contributed by atoms with E-state index in [1.54, 1.807) is 23.5 Å². The molecular formula is C10H8O4S3Se. The molecule has 0 saturated heterocycles. The molecule has 0 bridgehead atoms. The van der Waals surface area contributed by atoms with Gasteiger partial charge in [0, 0.05) is 0 Å². The van der Waals surface area contributed by atoms with Gasteiger partial charge in [-0.25, -0.2) is 0 Å². The number of carbonyl (C=O) groups is 2. The van der Waals surface area contributed by atoms with Gasteiger partial charge in [0.2, 0.25) is 0 Å². The zero-order chi connectivity index (χ0) is 13.1. The first-order valence-corrected chi connectivity index (χ1v) is 8.95. The van der Waals surface area contributed by atoms with Gasteiger partial charge in [0.1, 0.15) is 0 Å². The summed E-state index contributed by atoms with van der Waals surface area (Å²) < 4.78 is 12.0. The predicted octanol–water partition coefficient (Wildman–Crippen LogP) is 2.07. The third-order valence-corrected chi connectivity index (χ3v) is 9.12. The van der Waals surface area contributed by atoms with Gasteiger partial charge in [-0.05, 0) is 0 Å². The number of ether oxygens (including phenoxy) is 2. The van der Waals surface area contributed by atoms with Gasteiger partial charge in [0.05, 0.1) is 0 Å². The van der Waals surface area contributed by atoms with Crippen LogP contribution in [0.15, 0.2) is 28.2 Å². The molecule has 0 atom stereocenters. The van der Waals surface area contributed by atoms with Gasteiger partial charge >= 0.3 is 124 Å². The number of hydrogen-bond acceptors (Lipinski definition) is 7. The summed E-state index contributed by atoms with van der Waals surface area (Å²) in [6, 6.07) is 0. The first-order chi connectivity index (χ1) is 8.67. The second kappa shape index (κ2) is 6.25. The first kappa shape index (κ1) is 14.1. The van der Waals surface area contributed by atoms with Crippen LogP contribution in [0.3, 0.4) is 0 Å². The van der Waals surface area contributed by atoms with E-state index in [0.717, 1.165) is 8.04 Å². The Hall–Kier alpha value is -0.271. The molecule has 2 aliphatic heterocycles. The molecular weight excluding hydrogens is 359 g/mol. The van der Waals surface area contributed by atoms with Crippen LogP contribution in [0.4, 0.5) is 0 Å². The van der Waals surface area contributed by atoms with Crippen molar-refractivity contribution in [1.82, 2.24) is 0 Å². The second-order valence-corrected chi connectivity index (χ2v) is 8.76. The quantitative estimate of drug-likeness (QED) is 0.547. The van der Waals surface area contributed by atoms with Gasteiger partial charge in [-0.1, -0.05) is 0 Å². The number of thioether (sulfide) groups is 3. The van der Waals surface area contributed by atoms with Crippen LogP contribution in [-0.4, -0.2) is 41.1 Å². The van der Waals surface area contributed by atoms with Gasteiger partial charge in [-0.3, -0.25) is 0 Å². The molecule has 0 radical (unpaired) electrons. The van der Waals surface area contributed by atoms with Gasteiger partial charge in [-0.2, -0.15) is 0 Å². The van der Waals surface area contributed by atoms with E-state index in [-0.39, 0.29) is 15.0 Å². The van der Waals surface area contributed by atoms with Crippen molar-refractivity contribution in [3.05, 3.63) is 28.2 Å². The van der Waals surface area contributed by atoms with E-state index in [2.05, 4.69) is 0 Å². The van der Waals surface area contributed by atoms with Crippen LogP contribution in [0.25, 0.3) is 0 Å². The summed E-state index contributed by atoms with van der Waals surface area (Å²) in [5.74, 6) is -0.918. The molecule has 0 aromatic carbocycles. The average molecular weight is 367 g/mol. The summed E-state index contributed by atoms with van der Waals surface area (Å²) in [6.45, 7) is 0. The molecule has 0 saturated carbocycles. The number of esters is 2. The fraction of sp³-hybridized carbons (Fsp3) is 0.200. The molecule has 0 unspecified atom stereocenters. The first-order valence-electron chi connectivity index (χ1n) is 4.66. The maximum absolute atomic E-state index is 11.7. The minimum atomic E-state index is -0.473. The Labute approximate surface area is 123 Å². The van der Waals surface area contributed by atoms with Gasteiger partial charge in [0.25, 0.3) is 0 Å². The summed E-state index contributed by atoms with van der Waals surface area (Å²) >= 11 is 4.35. The monoisotopic (exact) mass is 368 g/mol. The van der Waals surface area contributed by atoms with Gasteiger partial charge in [0.15, 0.2) is 0 Å². The maximum atomic E-state index is 11.7. The van der Waals surface area contributed by atoms with Crippen LogP contribution < -0.4 is 0 Å². The third kappa shape index (κ3) is 2.83. The topological polar surface area (TPSA) is 52.6 Å². The van der Waals surface area contributed by atoms with Crippen molar-refractivity contribution in [3.63, 3.8) is 0 Å². The molecule has 0 fully saturated rings. The SMILES string of the molecule is COC(=O)C1=C(C(=O)OC)[Se]C(=C2SC=CS2)S1. The average Bonchev–Trinajstić information content (AvgIpc) is 3.04. The molecule has 18 heavy (non-hydrogen) atoms. The summed E-state index contributed by atoms with van der Waals surface area (Å²) in [5.41, 5.74) is 0. The van der Waals surface area contributed by atoms with Crippen molar-refractivity contribution in [2.24, 2.45) is 0 Å². The molecule has 2 rings (SSSR count). The Balaban J connectivity index is 2.28. The second-order valence-electron chi connectivity index (χ2n) is 2.93. The van der Waals surface area contributed by atoms with E-state index in [1.165, 1.54) is 26.0 Å². The molecule has 4 nitrogen and oxygen atoms in total. The van der Waals surface area contributed by atoms with Gasteiger partial charge in [-0.15, -0.1) is 0 Å². The molecule has 2 heterocycles. The summed E-state index contributed by atoms with van der Waals surface area (Å²) in [6.07, 6.45) is 0. The molecule has 96 valence electrons. The Morgan fingerprint density at radius 3 is 2.28 bits per heavy atom. The number of rotatable bonds is 2. The van der Waals surface area contributed by atoms with Crippen molar-refractivity contribution in [1.29, 1.82) is 0 Å². The van der Waals surface area contributed by atoms with Gasteiger partial charge < -0.3 is 0 Å². The van der Waals surface area contributed by atoms with Crippen LogP contribution >= 0.6 is 35.3 Å². The van der Waals surface area contributed by atoms with E-state index < -0.39 is 11.9 Å². The van der Waals surface area contributed by atoms with Crippen LogP contribution in [0.5, 0.6) is 0 Å². The summed E-state index contributed by atoms with van der Waals surface area (Å²) in [7, 11) is 2.63. The molecule has 0 aliphatic carbocycles. The molecule has 0 aromatic heterocycles. The Morgan fingerprint density at radius 2 is 1.72 bits per heavy atom. The van der Waals surface area contributed by atoms with Crippen molar-refractivity contribution < 1.29 is 19.1 Å². The van der Waals surface area contributed by atoms with E-state index in [0.29, 0.717) is 9.38 Å². The summed E-state index contributed by atoms with van der Waals surface area (Å²) in [5, 5.41) is 3.97. The Kier molecular flexibility index (Phi) is 4.91. The van der Waals surface area contributed by atoms with Crippen molar-refractivity contribution >= 4 is 62.2 Å². The number of methoxy groups -OCH3 is 2.